The van der Waals surface area contributed by atoms with Gasteiger partial charge in [0.2, 0.25) is 0 Å². The fourth-order valence-electron chi connectivity index (χ4n) is 1.83. The zero-order valence-corrected chi connectivity index (χ0v) is 11.1. The van der Waals surface area contributed by atoms with Gasteiger partial charge in [0.1, 0.15) is 11.3 Å². The summed E-state index contributed by atoms with van der Waals surface area (Å²) < 4.78 is 13.7. The molecule has 3 N–H and O–H groups in total. The lowest BCUT2D eigenvalue weighted by Crippen LogP contribution is -2.41. The fraction of sp³-hybridized carbons (Fsp3) is 0.286. The maximum Gasteiger partial charge on any atom is 0.337 e. The number of rotatable bonds is 4. The number of hydrogen-bond donors (Lipinski definition) is 3. The number of hydrogen-bond acceptors (Lipinski definition) is 4. The summed E-state index contributed by atoms with van der Waals surface area (Å²) in [6.07, 6.45) is 0. The first kappa shape index (κ1) is 14.2. The van der Waals surface area contributed by atoms with E-state index in [0.29, 0.717) is 16.8 Å². The van der Waals surface area contributed by atoms with Crippen molar-refractivity contribution >= 4 is 22.6 Å². The highest BCUT2D eigenvalue weighted by Gasteiger charge is 2.29. The van der Waals surface area contributed by atoms with Crippen LogP contribution in [0.5, 0.6) is 0 Å². The Morgan fingerprint density at radius 3 is 2.85 bits per heavy atom. The third kappa shape index (κ3) is 2.70. The van der Waals surface area contributed by atoms with Gasteiger partial charge in [0, 0.05) is 16.8 Å². The number of nitrogens with one attached hydrogen (secondary N) is 1. The second-order valence-corrected chi connectivity index (χ2v) is 4.88. The van der Waals surface area contributed by atoms with Gasteiger partial charge in [0.05, 0.1) is 6.54 Å². The van der Waals surface area contributed by atoms with E-state index in [0.717, 1.165) is 0 Å². The smallest absolute Gasteiger partial charge is 0.337 e. The molecule has 0 fully saturated rings. The normalized spacial score (nSPS) is 14.0. The lowest BCUT2D eigenvalue weighted by molar-refractivity contribution is -0.155. The molecule has 106 valence electrons. The minimum Gasteiger partial charge on any atom is -0.479 e. The van der Waals surface area contributed by atoms with Gasteiger partial charge in [0.25, 0.3) is 0 Å². The number of carboxylic acid groups (broad SMARTS) is 1. The summed E-state index contributed by atoms with van der Waals surface area (Å²) in [4.78, 5) is 15.0. The van der Waals surface area contributed by atoms with Crippen LogP contribution in [-0.4, -0.2) is 33.3 Å². The van der Waals surface area contributed by atoms with E-state index in [9.17, 15) is 14.3 Å². The highest BCUT2D eigenvalue weighted by Crippen LogP contribution is 2.25. The highest BCUT2D eigenvalue weighted by atomic mass is 19.1. The Morgan fingerprint density at radius 1 is 1.50 bits per heavy atom. The number of fused-ring (bicyclic) bond motifs is 1. The number of nitrogens with zero attached hydrogens (tertiary/aromatic N) is 1. The van der Waals surface area contributed by atoms with E-state index < -0.39 is 17.4 Å². The average Bonchev–Trinajstić information content (AvgIpc) is 2.37. The van der Waals surface area contributed by atoms with Crippen molar-refractivity contribution < 1.29 is 19.4 Å². The number of anilines is 1. The molecule has 20 heavy (non-hydrogen) atoms. The molecule has 0 aliphatic rings. The zero-order chi connectivity index (χ0) is 14.9. The van der Waals surface area contributed by atoms with E-state index >= 15 is 0 Å². The number of aliphatic hydroxyl groups is 1. The topological polar surface area (TPSA) is 82.5 Å². The van der Waals surface area contributed by atoms with Crippen molar-refractivity contribution in [3.8, 4) is 0 Å². The number of aliphatic carboxylic acids is 1. The van der Waals surface area contributed by atoms with Gasteiger partial charge >= 0.3 is 5.97 Å². The van der Waals surface area contributed by atoms with Crippen LogP contribution in [0.2, 0.25) is 0 Å². The molecule has 1 heterocycles. The van der Waals surface area contributed by atoms with Crippen LogP contribution in [0, 0.1) is 12.7 Å². The molecule has 1 aromatic heterocycles. The molecule has 0 spiro atoms. The van der Waals surface area contributed by atoms with E-state index in [1.165, 1.54) is 13.0 Å². The molecule has 0 radical (unpaired) electrons. The summed E-state index contributed by atoms with van der Waals surface area (Å²) >= 11 is 0. The number of carboxylic acids is 1. The SMILES string of the molecule is Cc1cc(NCC(C)(O)C(=O)O)c2cccc(F)c2n1. The third-order valence-corrected chi connectivity index (χ3v) is 3.00. The largest absolute Gasteiger partial charge is 0.479 e. The van der Waals surface area contributed by atoms with Crippen molar-refractivity contribution in [3.05, 3.63) is 35.8 Å². The molecule has 1 atom stereocenters. The minimum atomic E-state index is -1.91. The minimum absolute atomic E-state index is 0.197. The Balaban J connectivity index is 2.40. The van der Waals surface area contributed by atoms with Crippen LogP contribution >= 0.6 is 0 Å². The van der Waals surface area contributed by atoms with E-state index in [2.05, 4.69) is 10.3 Å². The molecule has 0 saturated heterocycles. The summed E-state index contributed by atoms with van der Waals surface area (Å²) in [6.45, 7) is 2.71. The Kier molecular flexibility index (Phi) is 3.59. The van der Waals surface area contributed by atoms with Crippen molar-refractivity contribution in [1.82, 2.24) is 4.98 Å². The first-order valence-electron chi connectivity index (χ1n) is 6.07. The fourth-order valence-corrected chi connectivity index (χ4v) is 1.83. The van der Waals surface area contributed by atoms with Crippen molar-refractivity contribution in [2.24, 2.45) is 0 Å². The standard InChI is InChI=1S/C14H15FN2O3/c1-8-6-11(16-7-14(2,20)13(18)19)9-4-3-5-10(15)12(9)17-8/h3-6,20H,7H2,1-2H3,(H,16,17)(H,18,19). The van der Waals surface area contributed by atoms with Gasteiger partial charge < -0.3 is 15.5 Å². The molecule has 5 nitrogen and oxygen atoms in total. The van der Waals surface area contributed by atoms with Gasteiger partial charge in [-0.2, -0.15) is 0 Å². The van der Waals surface area contributed by atoms with E-state index in [1.807, 2.05) is 0 Å². The summed E-state index contributed by atoms with van der Waals surface area (Å²) in [6, 6.07) is 6.23. The molecule has 0 saturated carbocycles. The van der Waals surface area contributed by atoms with Crippen LogP contribution in [0.1, 0.15) is 12.6 Å². The number of aromatic nitrogens is 1. The summed E-state index contributed by atoms with van der Waals surface area (Å²) in [5, 5.41) is 21.9. The molecular weight excluding hydrogens is 263 g/mol. The number of pyridine rings is 1. The van der Waals surface area contributed by atoms with Gasteiger partial charge in [-0.25, -0.2) is 14.2 Å². The van der Waals surface area contributed by atoms with Crippen LogP contribution < -0.4 is 5.32 Å². The van der Waals surface area contributed by atoms with Gasteiger partial charge in [0.15, 0.2) is 5.60 Å². The molecule has 0 aliphatic carbocycles. The quantitative estimate of drug-likeness (QED) is 0.796. The van der Waals surface area contributed by atoms with Gasteiger partial charge in [-0.3, -0.25) is 0 Å². The van der Waals surface area contributed by atoms with Crippen molar-refractivity contribution in [2.45, 2.75) is 19.4 Å². The van der Waals surface area contributed by atoms with E-state index in [1.54, 1.807) is 25.1 Å². The first-order chi connectivity index (χ1) is 9.31. The van der Waals surface area contributed by atoms with Crippen molar-refractivity contribution in [3.63, 3.8) is 0 Å². The number of halogens is 1. The van der Waals surface area contributed by atoms with Crippen LogP contribution in [0.25, 0.3) is 10.9 Å². The van der Waals surface area contributed by atoms with Gasteiger partial charge in [-0.15, -0.1) is 0 Å². The summed E-state index contributed by atoms with van der Waals surface area (Å²) in [5.41, 5.74) is -0.560. The predicted molar refractivity (Wildman–Crippen MR) is 73.2 cm³/mol. The first-order valence-corrected chi connectivity index (χ1v) is 6.07. The summed E-state index contributed by atoms with van der Waals surface area (Å²) in [5.74, 6) is -1.77. The molecule has 2 aromatic rings. The van der Waals surface area contributed by atoms with E-state index in [-0.39, 0.29) is 12.1 Å². The van der Waals surface area contributed by atoms with Crippen molar-refractivity contribution in [2.75, 3.05) is 11.9 Å². The molecule has 1 aromatic carbocycles. The Labute approximate surface area is 115 Å². The second kappa shape index (κ2) is 5.05. The maximum absolute atomic E-state index is 13.7. The zero-order valence-electron chi connectivity index (χ0n) is 11.1. The van der Waals surface area contributed by atoms with Crippen LogP contribution in [0.15, 0.2) is 24.3 Å². The molecule has 0 bridgehead atoms. The van der Waals surface area contributed by atoms with Crippen molar-refractivity contribution in [1.29, 1.82) is 0 Å². The Morgan fingerprint density at radius 2 is 2.20 bits per heavy atom. The Bertz CT molecular complexity index is 671. The molecule has 1 unspecified atom stereocenters. The van der Waals surface area contributed by atoms with Crippen LogP contribution in [-0.2, 0) is 4.79 Å². The molecule has 6 heteroatoms. The highest BCUT2D eigenvalue weighted by molar-refractivity contribution is 5.92. The van der Waals surface area contributed by atoms with Gasteiger partial charge in [-0.05, 0) is 26.0 Å². The number of benzene rings is 1. The third-order valence-electron chi connectivity index (χ3n) is 3.00. The lowest BCUT2D eigenvalue weighted by atomic mass is 10.1. The van der Waals surface area contributed by atoms with Crippen LogP contribution in [0.3, 0.4) is 0 Å². The summed E-state index contributed by atoms with van der Waals surface area (Å²) in [7, 11) is 0. The maximum atomic E-state index is 13.7. The Hall–Kier alpha value is -2.21. The monoisotopic (exact) mass is 278 g/mol. The number of carbonyl (C=O) groups is 1. The molecule has 0 aliphatic heterocycles. The second-order valence-electron chi connectivity index (χ2n) is 4.88. The van der Waals surface area contributed by atoms with Crippen LogP contribution in [0.4, 0.5) is 10.1 Å². The number of aryl methyl sites for hydroxylation is 1. The molecule has 2 rings (SSSR count). The van der Waals surface area contributed by atoms with Gasteiger partial charge in [-0.1, -0.05) is 12.1 Å². The lowest BCUT2D eigenvalue weighted by Gasteiger charge is -2.20. The average molecular weight is 278 g/mol. The molecule has 0 amide bonds. The van der Waals surface area contributed by atoms with E-state index in [4.69, 9.17) is 5.11 Å². The molecular formula is C14H15FN2O3. The number of para-hydroxylation sites is 1. The predicted octanol–water partition coefficient (Wildman–Crippen LogP) is 1.93.